The van der Waals surface area contributed by atoms with Gasteiger partial charge in [0.1, 0.15) is 6.10 Å². The van der Waals surface area contributed by atoms with Gasteiger partial charge in [0.05, 0.1) is 31.1 Å². The van der Waals surface area contributed by atoms with Gasteiger partial charge in [-0.1, -0.05) is 18.2 Å². The van der Waals surface area contributed by atoms with E-state index in [1.54, 1.807) is 6.20 Å². The molecular weight excluding hydrogens is 316 g/mol. The van der Waals surface area contributed by atoms with Crippen LogP contribution in [-0.4, -0.2) is 47.2 Å². The summed E-state index contributed by atoms with van der Waals surface area (Å²) in [5, 5.41) is 0. The Hall–Kier alpha value is -1.72. The fourth-order valence-corrected chi connectivity index (χ4v) is 4.30. The summed E-state index contributed by atoms with van der Waals surface area (Å²) in [5.41, 5.74) is 0.934. The number of morpholine rings is 1. The van der Waals surface area contributed by atoms with Crippen LogP contribution in [0.4, 0.5) is 0 Å². The van der Waals surface area contributed by atoms with Crippen molar-refractivity contribution in [2.75, 3.05) is 13.2 Å². The summed E-state index contributed by atoms with van der Waals surface area (Å²) < 4.78 is 12.1. The maximum atomic E-state index is 13.0. The van der Waals surface area contributed by atoms with Crippen LogP contribution in [-0.2, 0) is 20.9 Å². The first kappa shape index (κ1) is 16.7. The van der Waals surface area contributed by atoms with Crippen molar-refractivity contribution in [3.8, 4) is 0 Å². The van der Waals surface area contributed by atoms with E-state index in [0.717, 1.165) is 37.8 Å². The predicted molar refractivity (Wildman–Crippen MR) is 93.8 cm³/mol. The monoisotopic (exact) mass is 342 g/mol. The van der Waals surface area contributed by atoms with Crippen LogP contribution >= 0.6 is 0 Å². The summed E-state index contributed by atoms with van der Waals surface area (Å²) in [6.07, 6.45) is 10.9. The molecule has 1 saturated heterocycles. The van der Waals surface area contributed by atoms with Crippen molar-refractivity contribution in [2.45, 2.75) is 57.0 Å². The molecule has 0 bridgehead atoms. The number of carbonyl (C=O) groups is 1. The maximum Gasteiger partial charge on any atom is 0.226 e. The average molecular weight is 342 g/mol. The predicted octanol–water partition coefficient (Wildman–Crippen LogP) is 2.71. The lowest BCUT2D eigenvalue weighted by Crippen LogP contribution is -2.55. The van der Waals surface area contributed by atoms with Gasteiger partial charge in [-0.15, -0.1) is 0 Å². The number of carbonyl (C=O) groups excluding carboxylic acids is 1. The highest BCUT2D eigenvalue weighted by Gasteiger charge is 2.45. The van der Waals surface area contributed by atoms with Crippen molar-refractivity contribution < 1.29 is 14.3 Å². The molecule has 1 aromatic heterocycles. The lowest BCUT2D eigenvalue weighted by Gasteiger charge is -2.40. The fraction of sp³-hybridized carbons (Fsp3) is 0.600. The Morgan fingerprint density at radius 2 is 2.24 bits per heavy atom. The van der Waals surface area contributed by atoms with Gasteiger partial charge < -0.3 is 14.4 Å². The standard InChI is InChI=1S/C20H26N2O3/c23-20(15-6-2-1-3-7-15)22-12-13-24-19-17(22)9-10-18(19)25-14-16-8-4-5-11-21-16/h1-2,4-5,8,11,15,17-19H,3,6-7,9-10,12-14H2/t15?,17-,18-,19+/m0/s1. The first-order valence-corrected chi connectivity index (χ1v) is 9.41. The van der Waals surface area contributed by atoms with Crippen molar-refractivity contribution in [1.29, 1.82) is 0 Å². The van der Waals surface area contributed by atoms with Crippen molar-refractivity contribution >= 4 is 5.91 Å². The smallest absolute Gasteiger partial charge is 0.226 e. The molecule has 0 radical (unpaired) electrons. The second-order valence-electron chi connectivity index (χ2n) is 7.16. The highest BCUT2D eigenvalue weighted by molar-refractivity contribution is 5.79. The largest absolute Gasteiger partial charge is 0.372 e. The Bertz CT molecular complexity index is 619. The number of aromatic nitrogens is 1. The summed E-state index contributed by atoms with van der Waals surface area (Å²) in [5.74, 6) is 0.463. The Kier molecular flexibility index (Phi) is 5.13. The van der Waals surface area contributed by atoms with Gasteiger partial charge in [0.15, 0.2) is 0 Å². The number of hydrogen-bond donors (Lipinski definition) is 0. The molecule has 3 aliphatic rings. The Labute approximate surface area is 149 Å². The van der Waals surface area contributed by atoms with Crippen LogP contribution in [0.3, 0.4) is 0 Å². The molecule has 4 atom stereocenters. The third-order valence-electron chi connectivity index (χ3n) is 5.61. The van der Waals surface area contributed by atoms with Crippen LogP contribution in [0, 0.1) is 5.92 Å². The van der Waals surface area contributed by atoms with Crippen LogP contribution in [0.15, 0.2) is 36.5 Å². The maximum absolute atomic E-state index is 13.0. The molecule has 2 aliphatic carbocycles. The van der Waals surface area contributed by atoms with Gasteiger partial charge in [-0.2, -0.15) is 0 Å². The SMILES string of the molecule is O=C(C1CC=CCC1)N1CCO[C@H]2[C@@H](OCc3ccccn3)CC[C@@H]21. The lowest BCUT2D eigenvalue weighted by atomic mass is 9.92. The summed E-state index contributed by atoms with van der Waals surface area (Å²) >= 11 is 0. The molecule has 1 amide bonds. The number of pyridine rings is 1. The number of amides is 1. The average Bonchev–Trinajstić information content (AvgIpc) is 3.10. The molecule has 5 heteroatoms. The summed E-state index contributed by atoms with van der Waals surface area (Å²) in [4.78, 5) is 19.4. The lowest BCUT2D eigenvalue weighted by molar-refractivity contribution is -0.156. The number of nitrogens with zero attached hydrogens (tertiary/aromatic N) is 2. The summed E-state index contributed by atoms with van der Waals surface area (Å²) in [6, 6.07) is 6.02. The van der Waals surface area contributed by atoms with Gasteiger partial charge in [-0.05, 0) is 44.2 Å². The van der Waals surface area contributed by atoms with E-state index < -0.39 is 0 Å². The second-order valence-corrected chi connectivity index (χ2v) is 7.16. The van der Waals surface area contributed by atoms with Crippen LogP contribution in [0.1, 0.15) is 37.8 Å². The van der Waals surface area contributed by atoms with Crippen molar-refractivity contribution in [1.82, 2.24) is 9.88 Å². The Morgan fingerprint density at radius 1 is 1.28 bits per heavy atom. The van der Waals surface area contributed by atoms with E-state index in [0.29, 0.717) is 25.7 Å². The molecule has 1 saturated carbocycles. The topological polar surface area (TPSA) is 51.7 Å². The van der Waals surface area contributed by atoms with E-state index in [1.807, 2.05) is 18.2 Å². The fourth-order valence-electron chi connectivity index (χ4n) is 4.30. The molecule has 1 aromatic rings. The van der Waals surface area contributed by atoms with Crippen LogP contribution < -0.4 is 0 Å². The van der Waals surface area contributed by atoms with Gasteiger partial charge in [0.2, 0.25) is 5.91 Å². The molecule has 134 valence electrons. The minimum absolute atomic E-state index is 0.000505. The second kappa shape index (κ2) is 7.67. The molecular formula is C20H26N2O3. The van der Waals surface area contributed by atoms with E-state index >= 15 is 0 Å². The van der Waals surface area contributed by atoms with Gasteiger partial charge in [-0.3, -0.25) is 9.78 Å². The zero-order chi connectivity index (χ0) is 17.1. The van der Waals surface area contributed by atoms with Gasteiger partial charge in [0.25, 0.3) is 0 Å². The molecule has 4 rings (SSSR count). The number of allylic oxidation sites excluding steroid dienone is 2. The molecule has 25 heavy (non-hydrogen) atoms. The minimum atomic E-state index is 0.000505. The van der Waals surface area contributed by atoms with E-state index in [1.165, 1.54) is 0 Å². The normalized spacial score (nSPS) is 31.8. The molecule has 2 heterocycles. The molecule has 2 fully saturated rings. The zero-order valence-corrected chi connectivity index (χ0v) is 14.5. The molecule has 0 N–H and O–H groups in total. The third kappa shape index (κ3) is 3.62. The number of fused-ring (bicyclic) bond motifs is 1. The van der Waals surface area contributed by atoms with Crippen LogP contribution in [0.5, 0.6) is 0 Å². The summed E-state index contributed by atoms with van der Waals surface area (Å²) in [6.45, 7) is 1.82. The molecule has 1 unspecified atom stereocenters. The van der Waals surface area contributed by atoms with E-state index in [2.05, 4.69) is 22.0 Å². The highest BCUT2D eigenvalue weighted by atomic mass is 16.5. The molecule has 0 aromatic carbocycles. The highest BCUT2D eigenvalue weighted by Crippen LogP contribution is 2.34. The number of hydrogen-bond acceptors (Lipinski definition) is 4. The third-order valence-corrected chi connectivity index (χ3v) is 5.61. The van der Waals surface area contributed by atoms with E-state index in [9.17, 15) is 4.79 Å². The van der Waals surface area contributed by atoms with Crippen molar-refractivity contribution in [2.24, 2.45) is 5.92 Å². The zero-order valence-electron chi connectivity index (χ0n) is 14.5. The van der Waals surface area contributed by atoms with Crippen molar-refractivity contribution in [3.63, 3.8) is 0 Å². The van der Waals surface area contributed by atoms with Gasteiger partial charge in [0, 0.05) is 18.7 Å². The Balaban J connectivity index is 1.38. The van der Waals surface area contributed by atoms with E-state index in [4.69, 9.17) is 9.47 Å². The molecule has 5 nitrogen and oxygen atoms in total. The summed E-state index contributed by atoms with van der Waals surface area (Å²) in [7, 11) is 0. The first-order valence-electron chi connectivity index (χ1n) is 9.41. The number of rotatable bonds is 4. The van der Waals surface area contributed by atoms with Crippen LogP contribution in [0.2, 0.25) is 0 Å². The van der Waals surface area contributed by atoms with Crippen LogP contribution in [0.25, 0.3) is 0 Å². The Morgan fingerprint density at radius 3 is 3.04 bits per heavy atom. The van der Waals surface area contributed by atoms with Crippen molar-refractivity contribution in [3.05, 3.63) is 42.2 Å². The molecule has 0 spiro atoms. The minimum Gasteiger partial charge on any atom is -0.372 e. The van der Waals surface area contributed by atoms with Gasteiger partial charge >= 0.3 is 0 Å². The first-order chi connectivity index (χ1) is 12.3. The quantitative estimate of drug-likeness (QED) is 0.790. The van der Waals surface area contributed by atoms with Gasteiger partial charge in [-0.25, -0.2) is 0 Å². The molecule has 1 aliphatic heterocycles. The van der Waals surface area contributed by atoms with E-state index in [-0.39, 0.29) is 24.2 Å². The number of ether oxygens (including phenoxy) is 2.